The van der Waals surface area contributed by atoms with E-state index < -0.39 is 18.1 Å². The normalized spacial score (nSPS) is 12.6. The van der Waals surface area contributed by atoms with Crippen LogP contribution < -0.4 is 16.0 Å². The van der Waals surface area contributed by atoms with Crippen molar-refractivity contribution in [2.75, 3.05) is 36.4 Å². The van der Waals surface area contributed by atoms with Gasteiger partial charge in [-0.05, 0) is 36.6 Å². The van der Waals surface area contributed by atoms with Crippen LogP contribution in [0.1, 0.15) is 18.1 Å². The smallest absolute Gasteiger partial charge is 0.328 e. The molecule has 0 aliphatic rings. The summed E-state index contributed by atoms with van der Waals surface area (Å²) in [4.78, 5) is 27.3. The maximum absolute atomic E-state index is 12.7. The first kappa shape index (κ1) is 26.0. The highest BCUT2D eigenvalue weighted by Gasteiger charge is 2.25. The Morgan fingerprint density at radius 1 is 0.969 bits per heavy atom. The van der Waals surface area contributed by atoms with Gasteiger partial charge in [-0.3, -0.25) is 4.79 Å². The van der Waals surface area contributed by atoms with Gasteiger partial charge in [0.1, 0.15) is 6.04 Å². The number of esters is 1. The molecule has 0 heterocycles. The van der Waals surface area contributed by atoms with Gasteiger partial charge >= 0.3 is 5.97 Å². The van der Waals surface area contributed by atoms with Crippen molar-refractivity contribution in [3.63, 3.8) is 0 Å². The number of ether oxygens (including phenoxy) is 1. The Hall–Kier alpha value is -2.28. The lowest BCUT2D eigenvalue weighted by molar-refractivity contribution is -0.147. The minimum Gasteiger partial charge on any atom is -0.464 e. The van der Waals surface area contributed by atoms with Crippen LogP contribution >= 0.6 is 23.2 Å². The van der Waals surface area contributed by atoms with E-state index >= 15 is 0 Å². The third kappa shape index (κ3) is 8.34. The second kappa shape index (κ2) is 14.0. The Morgan fingerprint density at radius 2 is 1.56 bits per heavy atom. The van der Waals surface area contributed by atoms with E-state index in [1.165, 1.54) is 0 Å². The molecule has 8 heteroatoms. The largest absolute Gasteiger partial charge is 0.464 e. The minimum atomic E-state index is -0.822. The third-order valence-electron chi connectivity index (χ3n) is 4.97. The number of halogens is 2. The standard InChI is InChI=1S/C24H31Cl2N3O3/c1-2-32-24(31)22(28-23(30)21(27)16-18-6-4-3-5-7-18)17-19-8-10-20(11-9-19)29(14-12-25)15-13-26/h3-11,21-22H,2,12-17,27H2,1H3,(H,28,30)/t21-,22-/m0/s1. The maximum Gasteiger partial charge on any atom is 0.328 e. The van der Waals surface area contributed by atoms with E-state index in [0.29, 0.717) is 37.7 Å². The number of amides is 1. The Morgan fingerprint density at radius 3 is 2.12 bits per heavy atom. The number of benzene rings is 2. The fourth-order valence-corrected chi connectivity index (χ4v) is 3.74. The quantitative estimate of drug-likeness (QED) is 0.340. The van der Waals surface area contributed by atoms with Gasteiger partial charge in [0.2, 0.25) is 5.91 Å². The highest BCUT2D eigenvalue weighted by molar-refractivity contribution is 6.18. The average Bonchev–Trinajstić information content (AvgIpc) is 2.79. The second-order valence-electron chi connectivity index (χ2n) is 7.35. The summed E-state index contributed by atoms with van der Waals surface area (Å²) in [5.74, 6) is 0.124. The zero-order valence-electron chi connectivity index (χ0n) is 18.3. The Kier molecular flexibility index (Phi) is 11.4. The summed E-state index contributed by atoms with van der Waals surface area (Å²) < 4.78 is 5.17. The number of anilines is 1. The average molecular weight is 480 g/mol. The first-order chi connectivity index (χ1) is 15.5. The predicted molar refractivity (Wildman–Crippen MR) is 130 cm³/mol. The van der Waals surface area contributed by atoms with Crippen LogP contribution in [0.3, 0.4) is 0 Å². The van der Waals surface area contributed by atoms with E-state index in [1.54, 1.807) is 6.92 Å². The Balaban J connectivity index is 2.06. The molecule has 174 valence electrons. The first-order valence-corrected chi connectivity index (χ1v) is 11.8. The lowest BCUT2D eigenvalue weighted by Gasteiger charge is -2.23. The van der Waals surface area contributed by atoms with Gasteiger partial charge in [0.05, 0.1) is 12.6 Å². The molecule has 3 N–H and O–H groups in total. The number of hydrogen-bond donors (Lipinski definition) is 2. The molecular weight excluding hydrogens is 449 g/mol. The molecule has 0 saturated heterocycles. The van der Waals surface area contributed by atoms with Gasteiger partial charge in [0, 0.05) is 37.0 Å². The van der Waals surface area contributed by atoms with Crippen molar-refractivity contribution in [1.29, 1.82) is 0 Å². The van der Waals surface area contributed by atoms with Crippen LogP contribution in [0.15, 0.2) is 54.6 Å². The predicted octanol–water partition coefficient (Wildman–Crippen LogP) is 3.13. The van der Waals surface area contributed by atoms with Crippen LogP contribution in [0, 0.1) is 0 Å². The molecule has 0 radical (unpaired) electrons. The van der Waals surface area contributed by atoms with Crippen LogP contribution in [-0.4, -0.2) is 55.4 Å². The SMILES string of the molecule is CCOC(=O)[C@H](Cc1ccc(N(CCCl)CCCl)cc1)NC(=O)[C@@H](N)Cc1ccccc1. The number of nitrogens with zero attached hydrogens (tertiary/aromatic N) is 1. The van der Waals surface area contributed by atoms with Crippen LogP contribution in [0.4, 0.5) is 5.69 Å². The zero-order valence-corrected chi connectivity index (χ0v) is 19.8. The van der Waals surface area contributed by atoms with Gasteiger partial charge < -0.3 is 20.7 Å². The van der Waals surface area contributed by atoms with E-state index in [9.17, 15) is 9.59 Å². The van der Waals surface area contributed by atoms with E-state index in [1.807, 2.05) is 54.6 Å². The molecule has 2 aromatic carbocycles. The van der Waals surface area contributed by atoms with Gasteiger partial charge in [0.25, 0.3) is 0 Å². The molecule has 2 aromatic rings. The minimum absolute atomic E-state index is 0.228. The van der Waals surface area contributed by atoms with Crippen molar-refractivity contribution in [3.05, 3.63) is 65.7 Å². The van der Waals surface area contributed by atoms with Gasteiger partial charge in [-0.1, -0.05) is 42.5 Å². The lowest BCUT2D eigenvalue weighted by atomic mass is 10.0. The van der Waals surface area contributed by atoms with Gasteiger partial charge in [-0.25, -0.2) is 4.79 Å². The van der Waals surface area contributed by atoms with Crippen LogP contribution in [0.25, 0.3) is 0 Å². The van der Waals surface area contributed by atoms with Crippen LogP contribution in [0.2, 0.25) is 0 Å². The number of nitrogens with one attached hydrogen (secondary N) is 1. The number of nitrogens with two attached hydrogens (primary N) is 1. The van der Waals surface area contributed by atoms with Crippen molar-refractivity contribution in [1.82, 2.24) is 5.32 Å². The molecule has 2 rings (SSSR count). The molecule has 0 aromatic heterocycles. The molecule has 0 unspecified atom stereocenters. The van der Waals surface area contributed by atoms with Crippen molar-refractivity contribution in [2.45, 2.75) is 31.8 Å². The Labute approximate surface area is 200 Å². The molecule has 0 fully saturated rings. The molecular formula is C24H31Cl2N3O3. The summed E-state index contributed by atoms with van der Waals surface area (Å²) in [7, 11) is 0. The fraction of sp³-hybridized carbons (Fsp3) is 0.417. The second-order valence-corrected chi connectivity index (χ2v) is 8.10. The van der Waals surface area contributed by atoms with Gasteiger partial charge in [-0.2, -0.15) is 0 Å². The number of hydrogen-bond acceptors (Lipinski definition) is 5. The molecule has 0 saturated carbocycles. The number of alkyl halides is 2. The summed E-state index contributed by atoms with van der Waals surface area (Å²) in [6.07, 6.45) is 0.682. The molecule has 1 amide bonds. The zero-order chi connectivity index (χ0) is 23.3. The number of carbonyl (C=O) groups excluding carboxylic acids is 2. The summed E-state index contributed by atoms with van der Waals surface area (Å²) in [5.41, 5.74) is 8.93. The first-order valence-electron chi connectivity index (χ1n) is 10.7. The van der Waals surface area contributed by atoms with E-state index in [2.05, 4.69) is 10.2 Å². The van der Waals surface area contributed by atoms with Gasteiger partial charge in [0.15, 0.2) is 0 Å². The monoisotopic (exact) mass is 479 g/mol. The summed E-state index contributed by atoms with van der Waals surface area (Å²) >= 11 is 11.8. The summed E-state index contributed by atoms with van der Waals surface area (Å²) in [6.45, 7) is 3.34. The van der Waals surface area contributed by atoms with Crippen molar-refractivity contribution in [3.8, 4) is 0 Å². The highest BCUT2D eigenvalue weighted by atomic mass is 35.5. The molecule has 2 atom stereocenters. The van der Waals surface area contributed by atoms with Crippen molar-refractivity contribution >= 4 is 40.8 Å². The molecule has 32 heavy (non-hydrogen) atoms. The molecule has 0 aliphatic heterocycles. The van der Waals surface area contributed by atoms with E-state index in [0.717, 1.165) is 16.8 Å². The van der Waals surface area contributed by atoms with Crippen LogP contribution in [0.5, 0.6) is 0 Å². The lowest BCUT2D eigenvalue weighted by Crippen LogP contribution is -2.50. The van der Waals surface area contributed by atoms with Crippen molar-refractivity contribution in [2.24, 2.45) is 5.73 Å². The summed E-state index contributed by atoms with van der Waals surface area (Å²) in [6, 6.07) is 15.7. The van der Waals surface area contributed by atoms with Crippen LogP contribution in [-0.2, 0) is 27.2 Å². The molecule has 0 bridgehead atoms. The van der Waals surface area contributed by atoms with Gasteiger partial charge in [-0.15, -0.1) is 23.2 Å². The number of rotatable bonds is 13. The topological polar surface area (TPSA) is 84.7 Å². The van der Waals surface area contributed by atoms with Crippen molar-refractivity contribution < 1.29 is 14.3 Å². The molecule has 0 aliphatic carbocycles. The highest BCUT2D eigenvalue weighted by Crippen LogP contribution is 2.17. The molecule has 6 nitrogen and oxygen atoms in total. The van der Waals surface area contributed by atoms with E-state index in [4.69, 9.17) is 33.7 Å². The molecule has 0 spiro atoms. The summed E-state index contributed by atoms with van der Waals surface area (Å²) in [5, 5.41) is 2.76. The Bertz CT molecular complexity index is 828. The third-order valence-corrected chi connectivity index (χ3v) is 5.31. The van der Waals surface area contributed by atoms with E-state index in [-0.39, 0.29) is 12.5 Å². The number of carbonyl (C=O) groups is 2. The maximum atomic E-state index is 12.7. The fourth-order valence-electron chi connectivity index (χ4n) is 3.33.